The Morgan fingerprint density at radius 3 is 2.30 bits per heavy atom. The van der Waals surface area contributed by atoms with Crippen LogP contribution < -0.4 is 5.73 Å². The van der Waals surface area contributed by atoms with Crippen LogP contribution in [-0.2, 0) is 13.2 Å². The molecule has 5 heteroatoms. The van der Waals surface area contributed by atoms with Crippen molar-refractivity contribution >= 4 is 29.9 Å². The summed E-state index contributed by atoms with van der Waals surface area (Å²) in [4.78, 5) is 6.65. The summed E-state index contributed by atoms with van der Waals surface area (Å²) in [5.41, 5.74) is 8.04. The fraction of sp³-hybridized carbons (Fsp3) is 0.533. The van der Waals surface area contributed by atoms with Crippen LogP contribution in [0.3, 0.4) is 0 Å². The Hall–Kier alpha value is -0.820. The summed E-state index contributed by atoms with van der Waals surface area (Å²) in [7, 11) is 0. The predicted molar refractivity (Wildman–Crippen MR) is 93.1 cm³/mol. The molecule has 0 bridgehead atoms. The third-order valence-electron chi connectivity index (χ3n) is 3.63. The van der Waals surface area contributed by atoms with Crippen molar-refractivity contribution in [2.75, 3.05) is 13.1 Å². The molecule has 20 heavy (non-hydrogen) atoms. The molecule has 0 spiro atoms. The molecule has 1 fully saturated rings. The molecule has 0 saturated carbocycles. The average molecular weight is 389 g/mol. The molecule has 112 valence electrons. The average Bonchev–Trinajstić information content (AvgIpc) is 2.74. The van der Waals surface area contributed by atoms with Gasteiger partial charge in [0.2, 0.25) is 0 Å². The minimum absolute atomic E-state index is 0. The molecular formula is C15H24IN3O. The molecule has 1 aliphatic heterocycles. The van der Waals surface area contributed by atoms with Crippen LogP contribution in [0.4, 0.5) is 0 Å². The molecule has 4 nitrogen and oxygen atoms in total. The van der Waals surface area contributed by atoms with E-state index in [1.54, 1.807) is 0 Å². The number of aliphatic hydroxyl groups is 1. The molecule has 1 heterocycles. The molecule has 3 N–H and O–H groups in total. The summed E-state index contributed by atoms with van der Waals surface area (Å²) >= 11 is 0. The highest BCUT2D eigenvalue weighted by Crippen LogP contribution is 2.12. The lowest BCUT2D eigenvalue weighted by Crippen LogP contribution is -2.38. The van der Waals surface area contributed by atoms with E-state index in [4.69, 9.17) is 5.73 Å². The van der Waals surface area contributed by atoms with Crippen LogP contribution in [0.1, 0.15) is 36.8 Å². The van der Waals surface area contributed by atoms with Crippen molar-refractivity contribution in [3.63, 3.8) is 0 Å². The highest BCUT2D eigenvalue weighted by Gasteiger charge is 2.10. The second-order valence-electron chi connectivity index (χ2n) is 5.00. The molecule has 0 aromatic heterocycles. The van der Waals surface area contributed by atoms with Gasteiger partial charge in [0.15, 0.2) is 5.96 Å². The molecule has 0 unspecified atom stereocenters. The number of aliphatic hydroxyl groups excluding tert-OH is 1. The fourth-order valence-corrected chi connectivity index (χ4v) is 2.43. The molecule has 1 saturated heterocycles. The lowest BCUT2D eigenvalue weighted by Gasteiger charge is -2.21. The van der Waals surface area contributed by atoms with E-state index in [1.807, 2.05) is 24.3 Å². The number of guanidine groups is 1. The number of hydrogen-bond donors (Lipinski definition) is 2. The first kappa shape index (κ1) is 17.2. The van der Waals surface area contributed by atoms with E-state index in [1.165, 1.54) is 25.7 Å². The van der Waals surface area contributed by atoms with E-state index in [0.29, 0.717) is 12.5 Å². The van der Waals surface area contributed by atoms with Crippen molar-refractivity contribution in [2.45, 2.75) is 38.8 Å². The van der Waals surface area contributed by atoms with Crippen molar-refractivity contribution in [3.05, 3.63) is 35.4 Å². The summed E-state index contributed by atoms with van der Waals surface area (Å²) in [6.45, 7) is 2.61. The fourth-order valence-electron chi connectivity index (χ4n) is 2.43. The van der Waals surface area contributed by atoms with Crippen molar-refractivity contribution in [1.29, 1.82) is 0 Å². The van der Waals surface area contributed by atoms with Crippen molar-refractivity contribution in [2.24, 2.45) is 10.7 Å². The van der Waals surface area contributed by atoms with E-state index < -0.39 is 0 Å². The van der Waals surface area contributed by atoms with Crippen molar-refractivity contribution in [3.8, 4) is 0 Å². The molecule has 1 aromatic rings. The molecular weight excluding hydrogens is 365 g/mol. The molecule has 0 amide bonds. The highest BCUT2D eigenvalue weighted by atomic mass is 127. The van der Waals surface area contributed by atoms with E-state index >= 15 is 0 Å². The van der Waals surface area contributed by atoms with E-state index in [-0.39, 0.29) is 30.6 Å². The van der Waals surface area contributed by atoms with Crippen LogP contribution in [-0.4, -0.2) is 29.1 Å². The number of likely N-dealkylation sites (tertiary alicyclic amines) is 1. The van der Waals surface area contributed by atoms with E-state index in [0.717, 1.165) is 24.2 Å². The molecule has 2 rings (SSSR count). The Morgan fingerprint density at radius 1 is 1.10 bits per heavy atom. The van der Waals surface area contributed by atoms with Gasteiger partial charge >= 0.3 is 0 Å². The summed E-state index contributed by atoms with van der Waals surface area (Å²) in [6, 6.07) is 7.81. The molecule has 1 aromatic carbocycles. The summed E-state index contributed by atoms with van der Waals surface area (Å²) < 4.78 is 0. The molecule has 0 atom stereocenters. The Kier molecular flexibility index (Phi) is 7.91. The zero-order chi connectivity index (χ0) is 13.5. The Labute approximate surface area is 138 Å². The first-order valence-corrected chi connectivity index (χ1v) is 7.04. The number of nitrogens with two attached hydrogens (primary N) is 1. The number of hydrogen-bond acceptors (Lipinski definition) is 2. The predicted octanol–water partition coefficient (Wildman–Crippen LogP) is 2.49. The largest absolute Gasteiger partial charge is 0.392 e. The quantitative estimate of drug-likeness (QED) is 0.475. The van der Waals surface area contributed by atoms with Gasteiger partial charge in [-0.1, -0.05) is 37.1 Å². The standard InChI is InChI=1S/C15H23N3O.HI/c16-15(18-9-5-1-2-6-10-18)17-11-13-7-3-4-8-14(13)12-19;/h3-4,7-8,19H,1-2,5-6,9-12H2,(H2,16,17);1H. The smallest absolute Gasteiger partial charge is 0.191 e. The van der Waals surface area contributed by atoms with Crippen LogP contribution in [0, 0.1) is 0 Å². The second kappa shape index (κ2) is 9.18. The Bertz CT molecular complexity index is 429. The summed E-state index contributed by atoms with van der Waals surface area (Å²) in [5, 5.41) is 9.28. The van der Waals surface area contributed by atoms with Gasteiger partial charge in [-0.3, -0.25) is 0 Å². The van der Waals surface area contributed by atoms with Gasteiger partial charge in [-0.25, -0.2) is 4.99 Å². The van der Waals surface area contributed by atoms with Crippen LogP contribution in [0.15, 0.2) is 29.3 Å². The zero-order valence-electron chi connectivity index (χ0n) is 11.8. The van der Waals surface area contributed by atoms with E-state index in [9.17, 15) is 5.11 Å². The highest BCUT2D eigenvalue weighted by molar-refractivity contribution is 14.0. The van der Waals surface area contributed by atoms with Gasteiger partial charge < -0.3 is 15.7 Å². The van der Waals surface area contributed by atoms with Gasteiger partial charge in [0, 0.05) is 13.1 Å². The maximum absolute atomic E-state index is 9.28. The van der Waals surface area contributed by atoms with Crippen LogP contribution in [0.2, 0.25) is 0 Å². The second-order valence-corrected chi connectivity index (χ2v) is 5.00. The molecule has 1 aliphatic rings. The third kappa shape index (κ3) is 4.94. The number of rotatable bonds is 3. The maximum atomic E-state index is 9.28. The summed E-state index contributed by atoms with van der Waals surface area (Å²) in [5.74, 6) is 0.634. The lowest BCUT2D eigenvalue weighted by atomic mass is 10.1. The SMILES string of the molecule is I.NC(=NCc1ccccc1CO)N1CCCCCC1. The minimum Gasteiger partial charge on any atom is -0.392 e. The minimum atomic E-state index is 0. The third-order valence-corrected chi connectivity index (χ3v) is 3.63. The Balaban J connectivity index is 0.00000200. The van der Waals surface area contributed by atoms with E-state index in [2.05, 4.69) is 9.89 Å². The van der Waals surface area contributed by atoms with Crippen molar-refractivity contribution in [1.82, 2.24) is 4.90 Å². The maximum Gasteiger partial charge on any atom is 0.191 e. The van der Waals surface area contributed by atoms with Gasteiger partial charge in [-0.2, -0.15) is 0 Å². The van der Waals surface area contributed by atoms with Crippen LogP contribution >= 0.6 is 24.0 Å². The lowest BCUT2D eigenvalue weighted by molar-refractivity contribution is 0.280. The van der Waals surface area contributed by atoms with Crippen LogP contribution in [0.25, 0.3) is 0 Å². The monoisotopic (exact) mass is 389 g/mol. The van der Waals surface area contributed by atoms with Gasteiger partial charge in [0.05, 0.1) is 13.2 Å². The topological polar surface area (TPSA) is 61.9 Å². The van der Waals surface area contributed by atoms with Gasteiger partial charge in [0.1, 0.15) is 0 Å². The molecule has 0 radical (unpaired) electrons. The van der Waals surface area contributed by atoms with Gasteiger partial charge in [-0.15, -0.1) is 24.0 Å². The summed E-state index contributed by atoms with van der Waals surface area (Å²) in [6.07, 6.45) is 4.97. The number of aliphatic imine (C=N–C) groups is 1. The Morgan fingerprint density at radius 2 is 1.70 bits per heavy atom. The number of benzene rings is 1. The van der Waals surface area contributed by atoms with Gasteiger partial charge in [0.25, 0.3) is 0 Å². The normalized spacial score (nSPS) is 16.4. The number of nitrogens with zero attached hydrogens (tertiary/aromatic N) is 2. The zero-order valence-corrected chi connectivity index (χ0v) is 14.1. The van der Waals surface area contributed by atoms with Crippen LogP contribution in [0.5, 0.6) is 0 Å². The first-order chi connectivity index (χ1) is 9.31. The van der Waals surface area contributed by atoms with Gasteiger partial charge in [-0.05, 0) is 24.0 Å². The number of halogens is 1. The molecule has 0 aliphatic carbocycles. The first-order valence-electron chi connectivity index (χ1n) is 7.04. The van der Waals surface area contributed by atoms with Crippen molar-refractivity contribution < 1.29 is 5.11 Å².